The molecule has 1 aromatic heterocycles. The second-order valence-electron chi connectivity index (χ2n) is 6.84. The van der Waals surface area contributed by atoms with Gasteiger partial charge in [0.25, 0.3) is 5.91 Å². The van der Waals surface area contributed by atoms with E-state index in [9.17, 15) is 17.6 Å². The lowest BCUT2D eigenvalue weighted by molar-refractivity contribution is 0.0953. The van der Waals surface area contributed by atoms with E-state index in [1.807, 2.05) is 0 Å². The highest BCUT2D eigenvalue weighted by molar-refractivity contribution is 7.89. The first-order valence-corrected chi connectivity index (χ1v) is 12.0. The lowest BCUT2D eigenvalue weighted by atomic mass is 10.2. The van der Waals surface area contributed by atoms with E-state index in [4.69, 9.17) is 4.74 Å². The van der Waals surface area contributed by atoms with Gasteiger partial charge >= 0.3 is 0 Å². The van der Waals surface area contributed by atoms with Gasteiger partial charge in [0.15, 0.2) is 0 Å². The lowest BCUT2D eigenvalue weighted by Gasteiger charge is -2.25. The van der Waals surface area contributed by atoms with Crippen LogP contribution in [0.15, 0.2) is 40.6 Å². The van der Waals surface area contributed by atoms with Crippen molar-refractivity contribution in [2.24, 2.45) is 0 Å². The number of halogens is 1. The number of rotatable bonds is 9. The molecule has 9 heteroatoms. The normalized spacial score (nSPS) is 15.2. The van der Waals surface area contributed by atoms with Crippen LogP contribution in [0.25, 0.3) is 0 Å². The molecule has 1 aliphatic heterocycles. The first-order chi connectivity index (χ1) is 14.0. The Labute approximate surface area is 174 Å². The van der Waals surface area contributed by atoms with E-state index < -0.39 is 10.0 Å². The SMILES string of the molecule is O=C(NCCCCOc1ccc(F)cc1)c1sccc1S(=O)(=O)N1CCCCC1. The molecule has 1 fully saturated rings. The van der Waals surface area contributed by atoms with E-state index in [-0.39, 0.29) is 21.5 Å². The van der Waals surface area contributed by atoms with Crippen LogP contribution in [0.3, 0.4) is 0 Å². The van der Waals surface area contributed by atoms with Gasteiger partial charge < -0.3 is 10.1 Å². The largest absolute Gasteiger partial charge is 0.494 e. The van der Waals surface area contributed by atoms with Gasteiger partial charge in [-0.25, -0.2) is 12.8 Å². The number of nitrogens with zero attached hydrogens (tertiary/aromatic N) is 1. The zero-order valence-electron chi connectivity index (χ0n) is 16.1. The van der Waals surface area contributed by atoms with Crippen molar-refractivity contribution in [3.63, 3.8) is 0 Å². The molecule has 158 valence electrons. The van der Waals surface area contributed by atoms with Gasteiger partial charge in [0.2, 0.25) is 10.0 Å². The highest BCUT2D eigenvalue weighted by Gasteiger charge is 2.30. The first-order valence-electron chi connectivity index (χ1n) is 9.73. The molecule has 2 heterocycles. The number of hydrogen-bond donors (Lipinski definition) is 1. The molecule has 0 unspecified atom stereocenters. The second kappa shape index (κ2) is 10.2. The summed E-state index contributed by atoms with van der Waals surface area (Å²) in [6.45, 7) is 1.89. The zero-order valence-corrected chi connectivity index (χ0v) is 17.7. The predicted molar refractivity (Wildman–Crippen MR) is 110 cm³/mol. The maximum atomic E-state index is 12.9. The van der Waals surface area contributed by atoms with Crippen molar-refractivity contribution in [2.45, 2.75) is 37.0 Å². The number of amides is 1. The fraction of sp³-hybridized carbons (Fsp3) is 0.450. The Morgan fingerprint density at radius 3 is 2.55 bits per heavy atom. The molecular formula is C20H25FN2O4S2. The van der Waals surface area contributed by atoms with E-state index in [1.54, 1.807) is 17.5 Å². The third-order valence-electron chi connectivity index (χ3n) is 4.71. The van der Waals surface area contributed by atoms with E-state index in [0.717, 1.165) is 30.6 Å². The monoisotopic (exact) mass is 440 g/mol. The summed E-state index contributed by atoms with van der Waals surface area (Å²) in [5.74, 6) is -0.0769. The number of thiophene rings is 1. The van der Waals surface area contributed by atoms with Crippen molar-refractivity contribution >= 4 is 27.3 Å². The zero-order chi connectivity index (χ0) is 20.7. The van der Waals surface area contributed by atoms with Crippen molar-refractivity contribution in [1.29, 1.82) is 0 Å². The van der Waals surface area contributed by atoms with Crippen LogP contribution in [-0.2, 0) is 10.0 Å². The van der Waals surface area contributed by atoms with Crippen LogP contribution in [0.5, 0.6) is 5.75 Å². The molecule has 1 aliphatic rings. The summed E-state index contributed by atoms with van der Waals surface area (Å²) in [4.78, 5) is 12.8. The Morgan fingerprint density at radius 1 is 1.10 bits per heavy atom. The Balaban J connectivity index is 1.45. The molecule has 1 saturated heterocycles. The van der Waals surface area contributed by atoms with Crippen LogP contribution in [0.1, 0.15) is 41.8 Å². The second-order valence-corrected chi connectivity index (χ2v) is 9.67. The molecule has 2 aromatic rings. The molecule has 1 aromatic carbocycles. The minimum absolute atomic E-state index is 0.0987. The number of benzene rings is 1. The van der Waals surface area contributed by atoms with Crippen LogP contribution >= 0.6 is 11.3 Å². The molecule has 0 atom stereocenters. The number of unbranched alkanes of at least 4 members (excludes halogenated alkanes) is 1. The molecule has 0 aliphatic carbocycles. The number of hydrogen-bond acceptors (Lipinski definition) is 5. The van der Waals surface area contributed by atoms with Gasteiger partial charge in [-0.15, -0.1) is 11.3 Å². The van der Waals surface area contributed by atoms with E-state index in [1.165, 1.54) is 22.5 Å². The Hall–Kier alpha value is -1.97. The quantitative estimate of drug-likeness (QED) is 0.604. The third-order valence-corrected chi connectivity index (χ3v) is 7.69. The molecule has 3 rings (SSSR count). The Morgan fingerprint density at radius 2 is 1.83 bits per heavy atom. The van der Waals surface area contributed by atoms with Crippen molar-refractivity contribution in [3.05, 3.63) is 46.4 Å². The Bertz CT molecular complexity index is 907. The summed E-state index contributed by atoms with van der Waals surface area (Å²) in [7, 11) is -3.63. The molecule has 6 nitrogen and oxygen atoms in total. The summed E-state index contributed by atoms with van der Waals surface area (Å²) in [5, 5.41) is 4.43. The van der Waals surface area contributed by atoms with E-state index >= 15 is 0 Å². The maximum Gasteiger partial charge on any atom is 0.262 e. The van der Waals surface area contributed by atoms with Crippen molar-refractivity contribution in [2.75, 3.05) is 26.2 Å². The number of piperidine rings is 1. The summed E-state index contributed by atoms with van der Waals surface area (Å²) >= 11 is 1.14. The molecule has 0 bridgehead atoms. The topological polar surface area (TPSA) is 75.7 Å². The number of sulfonamides is 1. The highest BCUT2D eigenvalue weighted by atomic mass is 32.2. The van der Waals surface area contributed by atoms with Gasteiger partial charge in [-0.05, 0) is 61.4 Å². The summed E-state index contributed by atoms with van der Waals surface area (Å²) in [6.07, 6.45) is 4.14. The van der Waals surface area contributed by atoms with Gasteiger partial charge in [0.1, 0.15) is 21.3 Å². The van der Waals surface area contributed by atoms with Crippen molar-refractivity contribution in [3.8, 4) is 5.75 Å². The summed E-state index contributed by atoms with van der Waals surface area (Å²) in [5.41, 5.74) is 0. The standard InChI is InChI=1S/C20H25FN2O4S2/c21-16-6-8-17(9-7-16)27-14-5-2-11-22-20(24)19-18(10-15-28-19)29(25,26)23-12-3-1-4-13-23/h6-10,15H,1-5,11-14H2,(H,22,24). The van der Waals surface area contributed by atoms with Gasteiger partial charge in [0, 0.05) is 19.6 Å². The Kier molecular flexibility index (Phi) is 7.63. The van der Waals surface area contributed by atoms with E-state index in [0.29, 0.717) is 44.8 Å². The van der Waals surface area contributed by atoms with Crippen molar-refractivity contribution in [1.82, 2.24) is 9.62 Å². The number of nitrogens with one attached hydrogen (secondary N) is 1. The minimum Gasteiger partial charge on any atom is -0.494 e. The molecule has 29 heavy (non-hydrogen) atoms. The van der Waals surface area contributed by atoms with Crippen LogP contribution < -0.4 is 10.1 Å². The lowest BCUT2D eigenvalue weighted by Crippen LogP contribution is -2.36. The minimum atomic E-state index is -3.63. The van der Waals surface area contributed by atoms with Crippen molar-refractivity contribution < 1.29 is 22.3 Å². The van der Waals surface area contributed by atoms with Gasteiger partial charge in [0.05, 0.1) is 6.61 Å². The fourth-order valence-electron chi connectivity index (χ4n) is 3.14. The molecule has 0 saturated carbocycles. The number of ether oxygens (including phenoxy) is 1. The van der Waals surface area contributed by atoms with Crippen LogP contribution in [-0.4, -0.2) is 44.9 Å². The molecule has 0 spiro atoms. The van der Waals surface area contributed by atoms with Crippen LogP contribution in [0, 0.1) is 5.82 Å². The van der Waals surface area contributed by atoms with Gasteiger partial charge in [-0.1, -0.05) is 6.42 Å². The summed E-state index contributed by atoms with van der Waals surface area (Å²) < 4.78 is 45.5. The molecule has 0 radical (unpaired) electrons. The predicted octanol–water partition coefficient (Wildman–Crippen LogP) is 3.65. The third kappa shape index (κ3) is 5.77. The van der Waals surface area contributed by atoms with Crippen LogP contribution in [0.2, 0.25) is 0 Å². The van der Waals surface area contributed by atoms with Crippen LogP contribution in [0.4, 0.5) is 4.39 Å². The summed E-state index contributed by atoms with van der Waals surface area (Å²) in [6, 6.07) is 7.33. The highest BCUT2D eigenvalue weighted by Crippen LogP contribution is 2.27. The van der Waals surface area contributed by atoms with Gasteiger partial charge in [-0.3, -0.25) is 4.79 Å². The van der Waals surface area contributed by atoms with E-state index in [2.05, 4.69) is 5.32 Å². The molecule has 1 amide bonds. The number of carbonyl (C=O) groups is 1. The van der Waals surface area contributed by atoms with Gasteiger partial charge in [-0.2, -0.15) is 4.31 Å². The first kappa shape index (κ1) is 21.7. The number of carbonyl (C=O) groups excluding carboxylic acids is 1. The maximum absolute atomic E-state index is 12.9. The molecule has 1 N–H and O–H groups in total. The average Bonchev–Trinajstić information content (AvgIpc) is 3.23. The fourth-order valence-corrected chi connectivity index (χ4v) is 5.97. The smallest absolute Gasteiger partial charge is 0.262 e. The average molecular weight is 441 g/mol. The molecular weight excluding hydrogens is 415 g/mol.